The number of amides is 1. The van der Waals surface area contributed by atoms with Crippen molar-refractivity contribution in [1.29, 1.82) is 0 Å². The van der Waals surface area contributed by atoms with E-state index in [1.165, 1.54) is 0 Å². The van der Waals surface area contributed by atoms with Gasteiger partial charge < -0.3 is 10.4 Å². The van der Waals surface area contributed by atoms with Gasteiger partial charge in [-0.3, -0.25) is 9.59 Å². The molecule has 0 unspecified atom stereocenters. The van der Waals surface area contributed by atoms with Crippen LogP contribution in [0, 0.1) is 0 Å². The maximum atomic E-state index is 11.8. The van der Waals surface area contributed by atoms with Crippen LogP contribution in [0.5, 0.6) is 0 Å². The van der Waals surface area contributed by atoms with Gasteiger partial charge in [-0.15, -0.1) is 0 Å². The summed E-state index contributed by atoms with van der Waals surface area (Å²) in [6.07, 6.45) is 4.79. The van der Waals surface area contributed by atoms with Crippen molar-refractivity contribution in [3.63, 3.8) is 0 Å². The highest BCUT2D eigenvalue weighted by Gasteiger charge is 2.04. The molecule has 2 N–H and O–H groups in total. The van der Waals surface area contributed by atoms with Gasteiger partial charge in [0.05, 0.1) is 0 Å². The zero-order valence-corrected chi connectivity index (χ0v) is 12.2. The van der Waals surface area contributed by atoms with Crippen LogP contribution in [0.25, 0.3) is 0 Å². The molecule has 0 heterocycles. The number of halogens is 1. The summed E-state index contributed by atoms with van der Waals surface area (Å²) in [5.74, 6) is -0.850. The largest absolute Gasteiger partial charge is 0.481 e. The van der Waals surface area contributed by atoms with Crippen molar-refractivity contribution in [2.24, 2.45) is 0 Å². The summed E-state index contributed by atoms with van der Waals surface area (Å²) in [4.78, 5) is 22.1. The molecule has 0 saturated heterocycles. The molecule has 0 atom stereocenters. The molecule has 5 heteroatoms. The Morgan fingerprint density at radius 2 is 1.80 bits per heavy atom. The summed E-state index contributed by atoms with van der Waals surface area (Å²) < 4.78 is 0. The highest BCUT2D eigenvalue weighted by molar-refractivity contribution is 6.30. The van der Waals surface area contributed by atoms with Crippen molar-refractivity contribution in [3.8, 4) is 0 Å². The van der Waals surface area contributed by atoms with E-state index in [9.17, 15) is 9.59 Å². The van der Waals surface area contributed by atoms with Crippen molar-refractivity contribution < 1.29 is 14.7 Å². The molecule has 0 saturated carbocycles. The maximum absolute atomic E-state index is 11.8. The summed E-state index contributed by atoms with van der Waals surface area (Å²) in [5, 5.41) is 11.9. The molecule has 0 bridgehead atoms. The number of carboxylic acids is 1. The lowest BCUT2D eigenvalue weighted by Gasteiger charge is -2.05. The number of hydrogen-bond donors (Lipinski definition) is 2. The summed E-state index contributed by atoms with van der Waals surface area (Å²) in [6, 6.07) is 6.85. The van der Waals surface area contributed by atoms with Gasteiger partial charge in [0.1, 0.15) is 0 Å². The van der Waals surface area contributed by atoms with E-state index in [0.29, 0.717) is 17.1 Å². The van der Waals surface area contributed by atoms with Gasteiger partial charge in [0.15, 0.2) is 0 Å². The lowest BCUT2D eigenvalue weighted by Crippen LogP contribution is -2.24. The predicted molar refractivity (Wildman–Crippen MR) is 79.1 cm³/mol. The average molecular weight is 298 g/mol. The van der Waals surface area contributed by atoms with Crippen LogP contribution in [0.1, 0.15) is 48.9 Å². The number of carbonyl (C=O) groups excluding carboxylic acids is 1. The van der Waals surface area contributed by atoms with Crippen molar-refractivity contribution in [2.75, 3.05) is 6.54 Å². The molecule has 0 radical (unpaired) electrons. The standard InChI is InChI=1S/C15H20ClNO3/c16-13-8-6-7-12(11-13)15(20)17-10-5-3-1-2-4-9-14(18)19/h6-8,11H,1-5,9-10H2,(H,17,20)(H,18,19). The van der Waals surface area contributed by atoms with Crippen LogP contribution in [0.15, 0.2) is 24.3 Å². The number of unbranched alkanes of at least 4 members (excludes halogenated alkanes) is 4. The molecule has 0 aliphatic rings. The van der Waals surface area contributed by atoms with E-state index < -0.39 is 5.97 Å². The highest BCUT2D eigenvalue weighted by atomic mass is 35.5. The van der Waals surface area contributed by atoms with Gasteiger partial charge >= 0.3 is 5.97 Å². The molecule has 1 aromatic rings. The second-order valence-corrected chi connectivity index (χ2v) is 5.11. The highest BCUT2D eigenvalue weighted by Crippen LogP contribution is 2.10. The summed E-state index contributed by atoms with van der Waals surface area (Å²) in [5.41, 5.74) is 0.568. The van der Waals surface area contributed by atoms with Gasteiger partial charge in [0.2, 0.25) is 0 Å². The van der Waals surface area contributed by atoms with E-state index >= 15 is 0 Å². The normalized spacial score (nSPS) is 10.2. The first-order valence-corrected chi connectivity index (χ1v) is 7.23. The van der Waals surface area contributed by atoms with E-state index in [-0.39, 0.29) is 12.3 Å². The second kappa shape index (κ2) is 9.37. The van der Waals surface area contributed by atoms with Crippen LogP contribution in [-0.4, -0.2) is 23.5 Å². The van der Waals surface area contributed by atoms with E-state index in [2.05, 4.69) is 5.32 Å². The number of rotatable bonds is 9. The van der Waals surface area contributed by atoms with Crippen LogP contribution < -0.4 is 5.32 Å². The first-order valence-electron chi connectivity index (χ1n) is 6.85. The molecule has 0 aliphatic carbocycles. The van der Waals surface area contributed by atoms with Gasteiger partial charge in [-0.2, -0.15) is 0 Å². The monoisotopic (exact) mass is 297 g/mol. The Balaban J connectivity index is 2.06. The van der Waals surface area contributed by atoms with E-state index in [1.54, 1.807) is 24.3 Å². The quantitative estimate of drug-likeness (QED) is 0.686. The van der Waals surface area contributed by atoms with Crippen LogP contribution in [0.4, 0.5) is 0 Å². The molecule has 1 aromatic carbocycles. The Morgan fingerprint density at radius 1 is 1.10 bits per heavy atom. The molecule has 20 heavy (non-hydrogen) atoms. The molecular weight excluding hydrogens is 278 g/mol. The Labute approximate surface area is 124 Å². The fourth-order valence-electron chi connectivity index (χ4n) is 1.87. The van der Waals surface area contributed by atoms with Gasteiger partial charge in [-0.25, -0.2) is 0 Å². The second-order valence-electron chi connectivity index (χ2n) is 4.68. The molecule has 0 aliphatic heterocycles. The number of benzene rings is 1. The lowest BCUT2D eigenvalue weighted by atomic mass is 10.1. The maximum Gasteiger partial charge on any atom is 0.303 e. The zero-order valence-electron chi connectivity index (χ0n) is 11.4. The van der Waals surface area contributed by atoms with Gasteiger partial charge in [0.25, 0.3) is 5.91 Å². The molecular formula is C15H20ClNO3. The summed E-state index contributed by atoms with van der Waals surface area (Å²) in [6.45, 7) is 0.629. The lowest BCUT2D eigenvalue weighted by molar-refractivity contribution is -0.137. The van der Waals surface area contributed by atoms with Crippen LogP contribution >= 0.6 is 11.6 Å². The molecule has 0 fully saturated rings. The topological polar surface area (TPSA) is 66.4 Å². The van der Waals surface area contributed by atoms with Gasteiger partial charge in [0, 0.05) is 23.6 Å². The Hall–Kier alpha value is -1.55. The van der Waals surface area contributed by atoms with Crippen LogP contribution in [-0.2, 0) is 4.79 Å². The minimum atomic E-state index is -0.737. The van der Waals surface area contributed by atoms with Crippen LogP contribution in [0.3, 0.4) is 0 Å². The van der Waals surface area contributed by atoms with Gasteiger partial charge in [-0.05, 0) is 31.0 Å². The third kappa shape index (κ3) is 7.14. The van der Waals surface area contributed by atoms with E-state index in [4.69, 9.17) is 16.7 Å². The van der Waals surface area contributed by atoms with Crippen molar-refractivity contribution in [2.45, 2.75) is 38.5 Å². The van der Waals surface area contributed by atoms with Crippen molar-refractivity contribution in [3.05, 3.63) is 34.9 Å². The molecule has 110 valence electrons. The number of aliphatic carboxylic acids is 1. The number of carboxylic acid groups (broad SMARTS) is 1. The average Bonchev–Trinajstić information content (AvgIpc) is 2.41. The first-order chi connectivity index (χ1) is 9.59. The summed E-state index contributed by atoms with van der Waals surface area (Å²) >= 11 is 5.82. The first kappa shape index (κ1) is 16.5. The molecule has 0 aromatic heterocycles. The zero-order chi connectivity index (χ0) is 14.8. The molecule has 0 spiro atoms. The van der Waals surface area contributed by atoms with E-state index in [0.717, 1.165) is 32.1 Å². The fraction of sp³-hybridized carbons (Fsp3) is 0.467. The third-order valence-corrected chi connectivity index (χ3v) is 3.17. The van der Waals surface area contributed by atoms with Crippen molar-refractivity contribution in [1.82, 2.24) is 5.32 Å². The van der Waals surface area contributed by atoms with Crippen molar-refractivity contribution >= 4 is 23.5 Å². The Morgan fingerprint density at radius 3 is 2.50 bits per heavy atom. The van der Waals surface area contributed by atoms with Gasteiger partial charge in [-0.1, -0.05) is 36.9 Å². The number of carbonyl (C=O) groups is 2. The molecule has 1 amide bonds. The van der Waals surface area contributed by atoms with E-state index in [1.807, 2.05) is 0 Å². The number of hydrogen-bond acceptors (Lipinski definition) is 2. The third-order valence-electron chi connectivity index (χ3n) is 2.94. The Bertz CT molecular complexity index is 448. The Kier molecular flexibility index (Phi) is 7.73. The minimum Gasteiger partial charge on any atom is -0.481 e. The van der Waals surface area contributed by atoms with Crippen LogP contribution in [0.2, 0.25) is 5.02 Å². The predicted octanol–water partition coefficient (Wildman–Crippen LogP) is 3.50. The fourth-order valence-corrected chi connectivity index (χ4v) is 2.06. The summed E-state index contributed by atoms with van der Waals surface area (Å²) in [7, 11) is 0. The molecule has 1 rings (SSSR count). The smallest absolute Gasteiger partial charge is 0.303 e. The minimum absolute atomic E-state index is 0.113. The molecule has 4 nitrogen and oxygen atoms in total. The number of nitrogens with one attached hydrogen (secondary N) is 1. The SMILES string of the molecule is O=C(O)CCCCCCCNC(=O)c1cccc(Cl)c1.